The molecule has 2 unspecified atom stereocenters. The molecular formula is C11H14BrN. The molecule has 2 rings (SSSR count). The molecule has 2 heteroatoms. The standard InChI is InChI=1S/C11H14BrN/c12-11-5-1-3-9(7-11)10-4-2-6-13-8-10/h2,4,6,8-9,11H,1,3,5,7H2. The maximum atomic E-state index is 4.17. The Morgan fingerprint density at radius 1 is 1.38 bits per heavy atom. The van der Waals surface area contributed by atoms with Gasteiger partial charge in [-0.05, 0) is 36.8 Å². The fourth-order valence-corrected chi connectivity index (χ4v) is 2.83. The van der Waals surface area contributed by atoms with E-state index in [1.807, 2.05) is 18.5 Å². The van der Waals surface area contributed by atoms with Crippen LogP contribution in [0.2, 0.25) is 0 Å². The van der Waals surface area contributed by atoms with Crippen molar-refractivity contribution in [1.29, 1.82) is 0 Å². The van der Waals surface area contributed by atoms with Gasteiger partial charge in [0.1, 0.15) is 0 Å². The zero-order valence-electron chi connectivity index (χ0n) is 7.62. The van der Waals surface area contributed by atoms with Crippen LogP contribution in [0.3, 0.4) is 0 Å². The lowest BCUT2D eigenvalue weighted by molar-refractivity contribution is 0.457. The van der Waals surface area contributed by atoms with Gasteiger partial charge in [-0.3, -0.25) is 4.98 Å². The van der Waals surface area contributed by atoms with Crippen molar-refractivity contribution in [3.8, 4) is 0 Å². The minimum atomic E-state index is 0.714. The first kappa shape index (κ1) is 9.20. The van der Waals surface area contributed by atoms with E-state index < -0.39 is 0 Å². The van der Waals surface area contributed by atoms with Gasteiger partial charge in [0, 0.05) is 17.2 Å². The summed E-state index contributed by atoms with van der Waals surface area (Å²) in [7, 11) is 0. The van der Waals surface area contributed by atoms with Crippen molar-refractivity contribution in [2.45, 2.75) is 36.4 Å². The summed E-state index contributed by atoms with van der Waals surface area (Å²) < 4.78 is 0. The molecule has 1 aromatic rings. The van der Waals surface area contributed by atoms with Crippen molar-refractivity contribution in [2.75, 3.05) is 0 Å². The van der Waals surface area contributed by atoms with Crippen LogP contribution in [-0.4, -0.2) is 9.81 Å². The number of rotatable bonds is 1. The quantitative estimate of drug-likeness (QED) is 0.684. The largest absolute Gasteiger partial charge is 0.264 e. The number of aromatic nitrogens is 1. The van der Waals surface area contributed by atoms with Crippen LogP contribution in [-0.2, 0) is 0 Å². The van der Waals surface area contributed by atoms with Gasteiger partial charge in [-0.2, -0.15) is 0 Å². The Bertz CT molecular complexity index is 260. The van der Waals surface area contributed by atoms with Gasteiger partial charge in [-0.25, -0.2) is 0 Å². The maximum absolute atomic E-state index is 4.17. The normalized spacial score (nSPS) is 28.7. The molecule has 1 nitrogen and oxygen atoms in total. The average molecular weight is 240 g/mol. The zero-order valence-corrected chi connectivity index (χ0v) is 9.20. The smallest absolute Gasteiger partial charge is 0.0302 e. The summed E-state index contributed by atoms with van der Waals surface area (Å²) in [6.45, 7) is 0. The maximum Gasteiger partial charge on any atom is 0.0302 e. The second-order valence-electron chi connectivity index (χ2n) is 3.75. The molecule has 13 heavy (non-hydrogen) atoms. The van der Waals surface area contributed by atoms with Crippen molar-refractivity contribution >= 4 is 15.9 Å². The molecule has 1 aromatic heterocycles. The van der Waals surface area contributed by atoms with E-state index in [0.29, 0.717) is 4.83 Å². The highest BCUT2D eigenvalue weighted by Gasteiger charge is 2.20. The molecule has 0 spiro atoms. The van der Waals surface area contributed by atoms with E-state index >= 15 is 0 Å². The number of alkyl halides is 1. The van der Waals surface area contributed by atoms with Crippen molar-refractivity contribution in [2.24, 2.45) is 0 Å². The minimum Gasteiger partial charge on any atom is -0.264 e. The molecule has 0 radical (unpaired) electrons. The summed E-state index contributed by atoms with van der Waals surface area (Å²) in [5.41, 5.74) is 1.41. The van der Waals surface area contributed by atoms with E-state index in [2.05, 4.69) is 27.0 Å². The lowest BCUT2D eigenvalue weighted by Gasteiger charge is -2.25. The first-order valence-electron chi connectivity index (χ1n) is 4.90. The Morgan fingerprint density at radius 3 is 3.00 bits per heavy atom. The topological polar surface area (TPSA) is 12.9 Å². The summed E-state index contributed by atoms with van der Waals surface area (Å²) in [4.78, 5) is 4.88. The number of nitrogens with zero attached hydrogens (tertiary/aromatic N) is 1. The van der Waals surface area contributed by atoms with Crippen LogP contribution >= 0.6 is 15.9 Å². The third-order valence-corrected chi connectivity index (χ3v) is 3.60. The Labute approximate surface area is 87.7 Å². The number of halogens is 1. The molecule has 0 amide bonds. The molecule has 1 fully saturated rings. The SMILES string of the molecule is BrC1CCCC(c2cccnc2)C1. The first-order chi connectivity index (χ1) is 6.36. The lowest BCUT2D eigenvalue weighted by Crippen LogP contribution is -2.13. The summed E-state index contributed by atoms with van der Waals surface area (Å²) >= 11 is 3.71. The fourth-order valence-electron chi connectivity index (χ4n) is 2.05. The number of hydrogen-bond acceptors (Lipinski definition) is 1. The van der Waals surface area contributed by atoms with Gasteiger partial charge in [0.2, 0.25) is 0 Å². The Hall–Kier alpha value is -0.370. The summed E-state index contributed by atoms with van der Waals surface area (Å²) in [5.74, 6) is 0.729. The van der Waals surface area contributed by atoms with Gasteiger partial charge in [-0.15, -0.1) is 0 Å². The highest BCUT2D eigenvalue weighted by molar-refractivity contribution is 9.09. The second-order valence-corrected chi connectivity index (χ2v) is 5.04. The van der Waals surface area contributed by atoms with Crippen LogP contribution in [0.4, 0.5) is 0 Å². The minimum absolute atomic E-state index is 0.714. The second kappa shape index (κ2) is 4.23. The molecule has 1 heterocycles. The van der Waals surface area contributed by atoms with Crippen LogP contribution < -0.4 is 0 Å². The molecule has 1 aliphatic carbocycles. The third kappa shape index (κ3) is 2.31. The van der Waals surface area contributed by atoms with E-state index in [0.717, 1.165) is 5.92 Å². The van der Waals surface area contributed by atoms with Crippen molar-refractivity contribution in [3.63, 3.8) is 0 Å². The number of pyridine rings is 1. The highest BCUT2D eigenvalue weighted by atomic mass is 79.9. The van der Waals surface area contributed by atoms with Gasteiger partial charge < -0.3 is 0 Å². The Balaban J connectivity index is 2.08. The Morgan fingerprint density at radius 2 is 2.31 bits per heavy atom. The number of hydrogen-bond donors (Lipinski definition) is 0. The lowest BCUT2D eigenvalue weighted by atomic mass is 9.85. The fraction of sp³-hybridized carbons (Fsp3) is 0.545. The van der Waals surface area contributed by atoms with Crippen LogP contribution in [0.5, 0.6) is 0 Å². The highest BCUT2D eigenvalue weighted by Crippen LogP contribution is 2.35. The van der Waals surface area contributed by atoms with E-state index in [4.69, 9.17) is 0 Å². The van der Waals surface area contributed by atoms with Crippen molar-refractivity contribution in [1.82, 2.24) is 4.98 Å². The molecule has 0 aromatic carbocycles. The van der Waals surface area contributed by atoms with Crippen LogP contribution in [0.1, 0.15) is 37.2 Å². The molecule has 1 saturated carbocycles. The molecule has 70 valence electrons. The molecule has 1 aliphatic rings. The molecule has 0 bridgehead atoms. The van der Waals surface area contributed by atoms with Gasteiger partial charge in [-0.1, -0.05) is 28.4 Å². The first-order valence-corrected chi connectivity index (χ1v) is 5.82. The Kier molecular flexibility index (Phi) is 2.99. The van der Waals surface area contributed by atoms with E-state index in [1.54, 1.807) is 0 Å². The monoisotopic (exact) mass is 239 g/mol. The molecular weight excluding hydrogens is 226 g/mol. The van der Waals surface area contributed by atoms with Crippen molar-refractivity contribution in [3.05, 3.63) is 30.1 Å². The van der Waals surface area contributed by atoms with E-state index in [-0.39, 0.29) is 0 Å². The van der Waals surface area contributed by atoms with Gasteiger partial charge >= 0.3 is 0 Å². The third-order valence-electron chi connectivity index (χ3n) is 2.77. The van der Waals surface area contributed by atoms with Crippen LogP contribution in [0.25, 0.3) is 0 Å². The summed E-state index contributed by atoms with van der Waals surface area (Å²) in [6, 6.07) is 4.23. The predicted molar refractivity (Wildman–Crippen MR) is 58.2 cm³/mol. The summed E-state index contributed by atoms with van der Waals surface area (Å²) in [5, 5.41) is 0. The zero-order chi connectivity index (χ0) is 9.10. The van der Waals surface area contributed by atoms with Gasteiger partial charge in [0.15, 0.2) is 0 Å². The molecule has 0 saturated heterocycles. The predicted octanol–water partition coefficient (Wildman–Crippen LogP) is 3.50. The van der Waals surface area contributed by atoms with Crippen molar-refractivity contribution < 1.29 is 0 Å². The van der Waals surface area contributed by atoms with Gasteiger partial charge in [0.25, 0.3) is 0 Å². The summed E-state index contributed by atoms with van der Waals surface area (Å²) in [6.07, 6.45) is 9.12. The molecule has 0 aliphatic heterocycles. The van der Waals surface area contributed by atoms with E-state index in [1.165, 1.54) is 31.2 Å². The van der Waals surface area contributed by atoms with Crippen LogP contribution in [0.15, 0.2) is 24.5 Å². The van der Waals surface area contributed by atoms with E-state index in [9.17, 15) is 0 Å². The van der Waals surface area contributed by atoms with Gasteiger partial charge in [0.05, 0.1) is 0 Å². The van der Waals surface area contributed by atoms with Crippen LogP contribution in [0, 0.1) is 0 Å². The molecule has 0 N–H and O–H groups in total. The molecule has 2 atom stereocenters. The average Bonchev–Trinajstić information content (AvgIpc) is 2.19.